The third-order valence-corrected chi connectivity index (χ3v) is 8.68. The molecule has 0 aliphatic heterocycles. The lowest BCUT2D eigenvalue weighted by Crippen LogP contribution is -2.51. The molecule has 0 aliphatic rings. The smallest absolute Gasteiger partial charge is 0.264 e. The molecule has 3 aromatic carbocycles. The van der Waals surface area contributed by atoms with E-state index in [1.165, 1.54) is 48.3 Å². The van der Waals surface area contributed by atoms with E-state index in [9.17, 15) is 18.0 Å². The number of likely N-dealkylation sites (N-methyl/N-ethyl adjacent to an activating group) is 1. The van der Waals surface area contributed by atoms with Gasteiger partial charge in [0.05, 0.1) is 15.6 Å². The molecule has 7 nitrogen and oxygen atoms in total. The summed E-state index contributed by atoms with van der Waals surface area (Å²) in [5, 5.41) is 3.61. The second kappa shape index (κ2) is 13.0. The van der Waals surface area contributed by atoms with Gasteiger partial charge in [0.25, 0.3) is 10.0 Å². The van der Waals surface area contributed by atoms with Crippen molar-refractivity contribution in [3.63, 3.8) is 0 Å². The maximum absolute atomic E-state index is 13.9. The van der Waals surface area contributed by atoms with Gasteiger partial charge in [-0.1, -0.05) is 77.6 Å². The van der Waals surface area contributed by atoms with Gasteiger partial charge in [0.2, 0.25) is 11.8 Å². The number of benzene rings is 3. The first kappa shape index (κ1) is 30.1. The summed E-state index contributed by atoms with van der Waals surface area (Å²) in [6, 6.07) is 15.8. The van der Waals surface area contributed by atoms with Gasteiger partial charge in [0.15, 0.2) is 0 Å². The van der Waals surface area contributed by atoms with Gasteiger partial charge in [-0.2, -0.15) is 0 Å². The molecular weight excluding hydrogens is 592 g/mol. The minimum Gasteiger partial charge on any atom is -0.357 e. The van der Waals surface area contributed by atoms with Crippen LogP contribution in [0.3, 0.4) is 0 Å². The molecular formula is C26H25Cl4N3O4S. The topological polar surface area (TPSA) is 86.8 Å². The first-order valence-electron chi connectivity index (χ1n) is 11.5. The quantitative estimate of drug-likeness (QED) is 0.300. The Morgan fingerprint density at radius 3 is 2.05 bits per heavy atom. The van der Waals surface area contributed by atoms with Crippen LogP contribution in [0.5, 0.6) is 0 Å². The predicted molar refractivity (Wildman–Crippen MR) is 153 cm³/mol. The number of sulfonamides is 1. The fraction of sp³-hybridized carbons (Fsp3) is 0.231. The first-order valence-corrected chi connectivity index (χ1v) is 14.4. The van der Waals surface area contributed by atoms with Crippen molar-refractivity contribution in [2.75, 3.05) is 17.9 Å². The van der Waals surface area contributed by atoms with Crippen LogP contribution < -0.4 is 9.62 Å². The van der Waals surface area contributed by atoms with Crippen LogP contribution in [0.15, 0.2) is 71.6 Å². The molecule has 0 heterocycles. The summed E-state index contributed by atoms with van der Waals surface area (Å²) in [7, 11) is -2.79. The van der Waals surface area contributed by atoms with Crippen LogP contribution in [0, 0.1) is 0 Å². The number of carbonyl (C=O) groups excluding carboxylic acids is 2. The summed E-state index contributed by atoms with van der Waals surface area (Å²) in [5.41, 5.74) is 0.597. The molecule has 0 bridgehead atoms. The Bertz CT molecular complexity index is 1420. The van der Waals surface area contributed by atoms with Crippen LogP contribution in [-0.2, 0) is 26.2 Å². The predicted octanol–water partition coefficient (Wildman–Crippen LogP) is 6.05. The molecule has 12 heteroatoms. The summed E-state index contributed by atoms with van der Waals surface area (Å²) in [4.78, 5) is 27.9. The minimum atomic E-state index is -4.25. The molecule has 0 radical (unpaired) electrons. The van der Waals surface area contributed by atoms with Gasteiger partial charge >= 0.3 is 0 Å². The number of halogens is 4. The van der Waals surface area contributed by atoms with Gasteiger partial charge in [0, 0.05) is 28.7 Å². The third-order valence-electron chi connectivity index (χ3n) is 5.78. The van der Waals surface area contributed by atoms with E-state index < -0.39 is 34.4 Å². The van der Waals surface area contributed by atoms with Crippen LogP contribution in [0.4, 0.5) is 5.69 Å². The molecule has 3 aromatic rings. The van der Waals surface area contributed by atoms with Crippen molar-refractivity contribution in [3.05, 3.63) is 92.4 Å². The van der Waals surface area contributed by atoms with E-state index in [4.69, 9.17) is 46.4 Å². The van der Waals surface area contributed by atoms with Crippen LogP contribution in [0.1, 0.15) is 18.9 Å². The monoisotopic (exact) mass is 615 g/mol. The highest BCUT2D eigenvalue weighted by Gasteiger charge is 2.34. The average Bonchev–Trinajstić information content (AvgIpc) is 2.88. The molecule has 0 saturated carbocycles. The second-order valence-corrected chi connectivity index (χ2v) is 11.8. The largest absolute Gasteiger partial charge is 0.357 e. The van der Waals surface area contributed by atoms with Crippen LogP contribution in [0.2, 0.25) is 20.1 Å². The Hall–Kier alpha value is -2.49. The summed E-state index contributed by atoms with van der Waals surface area (Å²) >= 11 is 24.8. The van der Waals surface area contributed by atoms with Crippen molar-refractivity contribution in [1.82, 2.24) is 10.2 Å². The molecule has 202 valence electrons. The summed E-state index contributed by atoms with van der Waals surface area (Å²) < 4.78 is 28.4. The third kappa shape index (κ3) is 6.93. The van der Waals surface area contributed by atoms with E-state index in [0.29, 0.717) is 20.6 Å². The number of rotatable bonds is 10. The number of nitrogens with one attached hydrogen (secondary N) is 1. The van der Waals surface area contributed by atoms with Crippen molar-refractivity contribution >= 4 is 73.9 Å². The van der Waals surface area contributed by atoms with Crippen LogP contribution in [-0.4, -0.2) is 44.8 Å². The number of nitrogens with zero attached hydrogens (tertiary/aromatic N) is 2. The lowest BCUT2D eigenvalue weighted by Gasteiger charge is -2.33. The van der Waals surface area contributed by atoms with Crippen LogP contribution in [0.25, 0.3) is 0 Å². The van der Waals surface area contributed by atoms with Crippen molar-refractivity contribution in [3.8, 4) is 0 Å². The van der Waals surface area contributed by atoms with Crippen LogP contribution >= 0.6 is 46.4 Å². The van der Waals surface area contributed by atoms with Gasteiger partial charge in [-0.15, -0.1) is 0 Å². The second-order valence-electron chi connectivity index (χ2n) is 8.22. The molecule has 0 aromatic heterocycles. The Morgan fingerprint density at radius 1 is 0.895 bits per heavy atom. The highest BCUT2D eigenvalue weighted by atomic mass is 35.5. The highest BCUT2D eigenvalue weighted by Crippen LogP contribution is 2.33. The van der Waals surface area contributed by atoms with Gasteiger partial charge in [-0.25, -0.2) is 8.42 Å². The minimum absolute atomic E-state index is 0.0374. The van der Waals surface area contributed by atoms with Gasteiger partial charge < -0.3 is 10.2 Å². The first-order chi connectivity index (χ1) is 18.0. The Kier molecular flexibility index (Phi) is 10.3. The normalized spacial score (nSPS) is 12.1. The number of amides is 2. The fourth-order valence-corrected chi connectivity index (χ4v) is 6.32. The molecule has 0 aliphatic carbocycles. The molecule has 0 saturated heterocycles. The Morgan fingerprint density at radius 2 is 1.50 bits per heavy atom. The SMILES string of the molecule is CC[C@H](C(=O)NC)N(Cc1ccc(Cl)cc1Cl)C(=O)CN(c1ccc(Cl)cc1Cl)S(=O)(=O)c1ccccc1. The van der Waals surface area contributed by atoms with Gasteiger partial charge in [-0.3, -0.25) is 13.9 Å². The van der Waals surface area contributed by atoms with Crippen molar-refractivity contribution in [2.24, 2.45) is 0 Å². The molecule has 1 atom stereocenters. The van der Waals surface area contributed by atoms with E-state index in [-0.39, 0.29) is 28.6 Å². The van der Waals surface area contributed by atoms with E-state index in [0.717, 1.165) is 4.31 Å². The molecule has 1 N–H and O–H groups in total. The average molecular weight is 617 g/mol. The fourth-order valence-electron chi connectivity index (χ4n) is 3.84. The standard InChI is InChI=1S/C26H25Cl4N3O4S/c1-3-23(26(35)31-2)32(15-17-9-10-18(27)13-21(17)29)25(34)16-33(24-12-11-19(28)14-22(24)30)38(36,37)20-7-5-4-6-8-20/h4-14,23H,3,15-16H2,1-2H3,(H,31,35)/t23-/m1/s1. The Balaban J connectivity index is 2.10. The summed E-state index contributed by atoms with van der Waals surface area (Å²) in [5.74, 6) is -1.05. The maximum Gasteiger partial charge on any atom is 0.264 e. The molecule has 0 unspecified atom stereocenters. The Labute approximate surface area is 242 Å². The molecule has 3 rings (SSSR count). The molecule has 38 heavy (non-hydrogen) atoms. The van der Waals surface area contributed by atoms with E-state index in [1.54, 1.807) is 37.3 Å². The zero-order valence-corrected chi connectivity index (χ0v) is 24.3. The maximum atomic E-state index is 13.9. The highest BCUT2D eigenvalue weighted by molar-refractivity contribution is 7.92. The van der Waals surface area contributed by atoms with E-state index in [1.807, 2.05) is 0 Å². The lowest BCUT2D eigenvalue weighted by molar-refractivity contribution is -0.140. The van der Waals surface area contributed by atoms with E-state index in [2.05, 4.69) is 5.32 Å². The number of carbonyl (C=O) groups is 2. The number of anilines is 1. The zero-order valence-electron chi connectivity index (χ0n) is 20.5. The zero-order chi connectivity index (χ0) is 28.0. The molecule has 0 spiro atoms. The number of hydrogen-bond acceptors (Lipinski definition) is 4. The molecule has 2 amide bonds. The summed E-state index contributed by atoms with van der Waals surface area (Å²) in [6.45, 7) is 1.05. The van der Waals surface area contributed by atoms with Crippen molar-refractivity contribution in [2.45, 2.75) is 30.8 Å². The summed E-state index contributed by atoms with van der Waals surface area (Å²) in [6.07, 6.45) is 0.268. The van der Waals surface area contributed by atoms with Gasteiger partial charge in [-0.05, 0) is 54.4 Å². The lowest BCUT2D eigenvalue weighted by atomic mass is 10.1. The van der Waals surface area contributed by atoms with Gasteiger partial charge in [0.1, 0.15) is 12.6 Å². The van der Waals surface area contributed by atoms with Crippen molar-refractivity contribution < 1.29 is 18.0 Å². The van der Waals surface area contributed by atoms with Crippen molar-refractivity contribution in [1.29, 1.82) is 0 Å². The number of hydrogen-bond donors (Lipinski definition) is 1. The molecule has 0 fully saturated rings. The van der Waals surface area contributed by atoms with E-state index >= 15 is 0 Å².